The molecule has 0 unspecified atom stereocenters. The number of hydrogen-bond acceptors (Lipinski definition) is 3. The molecule has 2 nitrogen and oxygen atoms in total. The van der Waals surface area contributed by atoms with Crippen LogP contribution < -0.4 is 0 Å². The van der Waals surface area contributed by atoms with E-state index in [9.17, 15) is 0 Å². The van der Waals surface area contributed by atoms with E-state index in [1.54, 1.807) is 0 Å². The lowest BCUT2D eigenvalue weighted by Gasteiger charge is -2.48. The molecule has 1 aliphatic heterocycles. The first-order chi connectivity index (χ1) is 5.17. The number of hydrogen-bond donors (Lipinski definition) is 1. The number of likely N-dealkylation sites (tertiary alicyclic amines) is 1. The Labute approximate surface area is 74.5 Å². The molecule has 1 fully saturated rings. The fraction of sp³-hybridized carbons (Fsp3) is 1.00. The van der Waals surface area contributed by atoms with Gasteiger partial charge in [0.15, 0.2) is 0 Å². The van der Waals surface area contributed by atoms with Crippen molar-refractivity contribution < 1.29 is 4.18 Å². The highest BCUT2D eigenvalue weighted by molar-refractivity contribution is 7.75. The molecule has 1 saturated heterocycles. The van der Waals surface area contributed by atoms with Crippen LogP contribution in [0.15, 0.2) is 0 Å². The summed E-state index contributed by atoms with van der Waals surface area (Å²) in [5.74, 6) is 0. The Morgan fingerprint density at radius 1 is 1.55 bits per heavy atom. The van der Waals surface area contributed by atoms with Crippen molar-refractivity contribution in [1.29, 1.82) is 0 Å². The second kappa shape index (κ2) is 3.78. The summed E-state index contributed by atoms with van der Waals surface area (Å²) in [4.78, 5) is 2.49. The summed E-state index contributed by atoms with van der Waals surface area (Å²) in [6, 6.07) is 0. The molecule has 3 heteroatoms. The van der Waals surface area contributed by atoms with Crippen LogP contribution in [-0.2, 0) is 4.18 Å². The van der Waals surface area contributed by atoms with Crippen molar-refractivity contribution in [2.75, 3.05) is 19.7 Å². The summed E-state index contributed by atoms with van der Waals surface area (Å²) in [5, 5.41) is 0. The molecule has 1 aliphatic rings. The van der Waals surface area contributed by atoms with E-state index in [1.165, 1.54) is 13.0 Å². The first kappa shape index (κ1) is 9.36. The van der Waals surface area contributed by atoms with Crippen LogP contribution in [0.2, 0.25) is 0 Å². The Morgan fingerprint density at radius 3 is 2.64 bits per heavy atom. The third-order valence-electron chi connectivity index (χ3n) is 2.51. The maximum absolute atomic E-state index is 4.70. The van der Waals surface area contributed by atoms with Gasteiger partial charge in [-0.15, -0.1) is 0 Å². The van der Waals surface area contributed by atoms with Crippen LogP contribution >= 0.6 is 12.9 Å². The first-order valence-electron chi connectivity index (χ1n) is 4.18. The predicted octanol–water partition coefficient (Wildman–Crippen LogP) is 1.72. The molecule has 0 atom stereocenters. The fourth-order valence-electron chi connectivity index (χ4n) is 1.45. The third kappa shape index (κ3) is 2.36. The molecule has 0 saturated carbocycles. The molecule has 0 aromatic rings. The van der Waals surface area contributed by atoms with E-state index >= 15 is 0 Å². The first-order valence-corrected chi connectivity index (χ1v) is 4.55. The quantitative estimate of drug-likeness (QED) is 0.397. The zero-order valence-electron chi connectivity index (χ0n) is 7.34. The van der Waals surface area contributed by atoms with Crippen molar-refractivity contribution in [3.63, 3.8) is 0 Å². The van der Waals surface area contributed by atoms with Gasteiger partial charge in [0.1, 0.15) is 0 Å². The second-order valence-electron chi connectivity index (χ2n) is 3.74. The molecule has 0 aromatic carbocycles. The van der Waals surface area contributed by atoms with E-state index in [-0.39, 0.29) is 0 Å². The Kier molecular flexibility index (Phi) is 3.22. The molecule has 0 aliphatic carbocycles. The van der Waals surface area contributed by atoms with Crippen LogP contribution in [0.1, 0.15) is 26.7 Å². The van der Waals surface area contributed by atoms with Gasteiger partial charge < -0.3 is 4.18 Å². The van der Waals surface area contributed by atoms with E-state index in [2.05, 4.69) is 31.7 Å². The Bertz CT molecular complexity index is 127. The molecule has 0 bridgehead atoms. The van der Waals surface area contributed by atoms with Crippen LogP contribution in [0.4, 0.5) is 0 Å². The van der Waals surface area contributed by atoms with E-state index in [1.807, 2.05) is 0 Å². The average Bonchev–Trinajstić information content (AvgIpc) is 1.96. The van der Waals surface area contributed by atoms with Crippen LogP contribution in [0, 0.1) is 0 Å². The SMILES string of the molecule is CC1(C)CCN1CCCOS. The highest BCUT2D eigenvalue weighted by atomic mass is 32.1. The van der Waals surface area contributed by atoms with Gasteiger partial charge in [0.25, 0.3) is 0 Å². The van der Waals surface area contributed by atoms with E-state index in [4.69, 9.17) is 4.18 Å². The largest absolute Gasteiger partial charge is 0.318 e. The van der Waals surface area contributed by atoms with Gasteiger partial charge in [-0.25, -0.2) is 0 Å². The van der Waals surface area contributed by atoms with Crippen molar-refractivity contribution in [3.05, 3.63) is 0 Å². The van der Waals surface area contributed by atoms with Crippen LogP contribution in [-0.4, -0.2) is 30.1 Å². The molecular formula is C8H17NOS. The maximum atomic E-state index is 4.70. The van der Waals surface area contributed by atoms with Crippen molar-refractivity contribution in [1.82, 2.24) is 4.90 Å². The molecule has 11 heavy (non-hydrogen) atoms. The van der Waals surface area contributed by atoms with E-state index in [0.29, 0.717) is 5.54 Å². The average molecular weight is 175 g/mol. The van der Waals surface area contributed by atoms with Crippen LogP contribution in [0.3, 0.4) is 0 Å². The van der Waals surface area contributed by atoms with Crippen LogP contribution in [0.25, 0.3) is 0 Å². The minimum Gasteiger partial charge on any atom is -0.318 e. The maximum Gasteiger partial charge on any atom is 0.0622 e. The zero-order valence-corrected chi connectivity index (χ0v) is 8.23. The monoisotopic (exact) mass is 175 g/mol. The lowest BCUT2D eigenvalue weighted by Crippen LogP contribution is -2.55. The smallest absolute Gasteiger partial charge is 0.0622 e. The molecule has 0 spiro atoms. The van der Waals surface area contributed by atoms with Crippen molar-refractivity contribution in [2.24, 2.45) is 0 Å². The summed E-state index contributed by atoms with van der Waals surface area (Å²) in [6.45, 7) is 7.74. The molecule has 66 valence electrons. The van der Waals surface area contributed by atoms with Gasteiger partial charge in [0.2, 0.25) is 0 Å². The molecule has 0 amide bonds. The van der Waals surface area contributed by atoms with Gasteiger partial charge in [-0.3, -0.25) is 4.90 Å². The molecule has 0 radical (unpaired) electrons. The highest BCUT2D eigenvalue weighted by Gasteiger charge is 2.34. The second-order valence-corrected chi connectivity index (χ2v) is 3.99. The van der Waals surface area contributed by atoms with Crippen molar-refractivity contribution in [2.45, 2.75) is 32.2 Å². The van der Waals surface area contributed by atoms with E-state index in [0.717, 1.165) is 19.6 Å². The summed E-state index contributed by atoms with van der Waals surface area (Å²) in [5.41, 5.74) is 0.441. The van der Waals surface area contributed by atoms with Gasteiger partial charge in [-0.1, -0.05) is 0 Å². The van der Waals surface area contributed by atoms with Crippen molar-refractivity contribution in [3.8, 4) is 0 Å². The topological polar surface area (TPSA) is 12.5 Å². The van der Waals surface area contributed by atoms with Gasteiger partial charge in [0, 0.05) is 18.6 Å². The number of rotatable bonds is 4. The molecule has 0 N–H and O–H groups in total. The Balaban J connectivity index is 2.08. The van der Waals surface area contributed by atoms with Gasteiger partial charge in [0.05, 0.1) is 6.61 Å². The zero-order chi connectivity index (χ0) is 8.32. The molecule has 1 heterocycles. The third-order valence-corrected chi connectivity index (χ3v) is 2.70. The van der Waals surface area contributed by atoms with E-state index < -0.39 is 0 Å². The summed E-state index contributed by atoms with van der Waals surface area (Å²) in [6.07, 6.45) is 2.42. The molecular weight excluding hydrogens is 158 g/mol. The summed E-state index contributed by atoms with van der Waals surface area (Å²) < 4.78 is 4.70. The number of nitrogens with zero attached hydrogens (tertiary/aromatic N) is 1. The van der Waals surface area contributed by atoms with Gasteiger partial charge in [-0.2, -0.15) is 0 Å². The summed E-state index contributed by atoms with van der Waals surface area (Å²) >= 11 is 3.70. The van der Waals surface area contributed by atoms with Crippen LogP contribution in [0.5, 0.6) is 0 Å². The Hall–Kier alpha value is 0.270. The summed E-state index contributed by atoms with van der Waals surface area (Å²) in [7, 11) is 0. The van der Waals surface area contributed by atoms with Crippen molar-refractivity contribution >= 4 is 12.9 Å². The lowest BCUT2D eigenvalue weighted by atomic mass is 9.89. The standard InChI is InChI=1S/C8H17NOS/c1-8(2)4-6-9(8)5-3-7-10-11/h11H,3-7H2,1-2H3. The predicted molar refractivity (Wildman–Crippen MR) is 49.8 cm³/mol. The molecule has 1 rings (SSSR count). The molecule has 0 aromatic heterocycles. The number of thiol groups is 1. The fourth-order valence-corrected chi connectivity index (χ4v) is 1.58. The minimum absolute atomic E-state index is 0.441. The highest BCUT2D eigenvalue weighted by Crippen LogP contribution is 2.28. The normalized spacial score (nSPS) is 23.2. The minimum atomic E-state index is 0.441. The Morgan fingerprint density at radius 2 is 2.27 bits per heavy atom. The van der Waals surface area contributed by atoms with Gasteiger partial charge in [-0.05, 0) is 39.6 Å². The lowest BCUT2D eigenvalue weighted by molar-refractivity contribution is 0.0129. The van der Waals surface area contributed by atoms with Gasteiger partial charge >= 0.3 is 0 Å².